The van der Waals surface area contributed by atoms with E-state index in [4.69, 9.17) is 5.73 Å². The Morgan fingerprint density at radius 3 is 2.60 bits per heavy atom. The van der Waals surface area contributed by atoms with Gasteiger partial charge in [-0.15, -0.1) is 0 Å². The first-order chi connectivity index (χ1) is 20.7. The largest absolute Gasteiger partial charge is 0.416 e. The summed E-state index contributed by atoms with van der Waals surface area (Å²) in [6, 6.07) is 16.3. The molecule has 2 fully saturated rings. The van der Waals surface area contributed by atoms with Gasteiger partial charge in [0, 0.05) is 29.6 Å². The molecular weight excluding hydrogens is 553 g/mol. The smallest absolute Gasteiger partial charge is 0.403 e. The van der Waals surface area contributed by atoms with Crippen molar-refractivity contribution < 1.29 is 18.0 Å². The first-order valence-corrected chi connectivity index (χ1v) is 14.3. The number of aromatic nitrogens is 2. The van der Waals surface area contributed by atoms with Crippen molar-refractivity contribution in [3.8, 4) is 11.1 Å². The maximum absolute atomic E-state index is 13.3. The Balaban J connectivity index is 1.24. The highest BCUT2D eigenvalue weighted by atomic mass is 19.4. The van der Waals surface area contributed by atoms with E-state index in [9.17, 15) is 18.0 Å². The molecule has 1 aromatic heterocycles. The number of rotatable bonds is 9. The van der Waals surface area contributed by atoms with Crippen LogP contribution in [-0.2, 0) is 6.18 Å². The quantitative estimate of drug-likeness (QED) is 0.182. The van der Waals surface area contributed by atoms with Gasteiger partial charge in [-0.05, 0) is 97.2 Å². The monoisotopic (exact) mass is 584 g/mol. The molecule has 7 nitrogen and oxygen atoms in total. The van der Waals surface area contributed by atoms with Crippen molar-refractivity contribution in [2.75, 3.05) is 5.32 Å². The van der Waals surface area contributed by atoms with Gasteiger partial charge in [0.2, 0.25) is 5.95 Å². The van der Waals surface area contributed by atoms with E-state index < -0.39 is 17.8 Å². The fourth-order valence-electron chi connectivity index (χ4n) is 4.96. The summed E-state index contributed by atoms with van der Waals surface area (Å²) in [5.41, 5.74) is 10.2. The third-order valence-corrected chi connectivity index (χ3v) is 7.69. The number of nitrogens with two attached hydrogens (primary N) is 1. The molecule has 43 heavy (non-hydrogen) atoms. The topological polar surface area (TPSA) is 105 Å². The molecule has 0 spiro atoms. The van der Waals surface area contributed by atoms with Crippen molar-refractivity contribution in [1.82, 2.24) is 15.3 Å². The summed E-state index contributed by atoms with van der Waals surface area (Å²) in [5, 5.41) is 6.79. The van der Waals surface area contributed by atoms with Crippen LogP contribution in [0.15, 0.2) is 83.7 Å². The number of benzene rings is 3. The Hall–Kier alpha value is -4.73. The van der Waals surface area contributed by atoms with Crippen LogP contribution in [0.2, 0.25) is 0 Å². The molecule has 2 aliphatic rings. The Morgan fingerprint density at radius 2 is 1.88 bits per heavy atom. The lowest BCUT2D eigenvalue weighted by Gasteiger charge is -2.17. The highest BCUT2D eigenvalue weighted by Gasteiger charge is 2.31. The van der Waals surface area contributed by atoms with Gasteiger partial charge < -0.3 is 16.4 Å². The summed E-state index contributed by atoms with van der Waals surface area (Å²) in [4.78, 5) is 26.8. The molecule has 1 unspecified atom stereocenters. The number of carbonyl (C=O) groups is 1. The maximum atomic E-state index is 13.3. The van der Waals surface area contributed by atoms with Gasteiger partial charge in [0.25, 0.3) is 5.91 Å². The van der Waals surface area contributed by atoms with Gasteiger partial charge in [-0.3, -0.25) is 9.79 Å². The van der Waals surface area contributed by atoms with Gasteiger partial charge in [-0.2, -0.15) is 13.2 Å². The maximum Gasteiger partial charge on any atom is 0.416 e. The number of anilines is 1. The van der Waals surface area contributed by atoms with Crippen molar-refractivity contribution in [2.24, 2.45) is 10.7 Å². The highest BCUT2D eigenvalue weighted by molar-refractivity contribution is 5.96. The minimum absolute atomic E-state index is 0.359. The number of carbonyl (C=O) groups excluding carboxylic acids is 1. The molecule has 2 saturated carbocycles. The first-order valence-electron chi connectivity index (χ1n) is 14.3. The number of alkyl halides is 3. The number of nitrogens with one attached hydrogen (secondary N) is 2. The van der Waals surface area contributed by atoms with E-state index >= 15 is 0 Å². The Kier molecular flexibility index (Phi) is 7.60. The molecule has 10 heteroatoms. The zero-order valence-electron chi connectivity index (χ0n) is 23.5. The van der Waals surface area contributed by atoms with E-state index in [1.165, 1.54) is 12.3 Å². The van der Waals surface area contributed by atoms with Gasteiger partial charge in [-0.1, -0.05) is 24.3 Å². The molecule has 1 heterocycles. The lowest BCUT2D eigenvalue weighted by atomic mass is 9.93. The second kappa shape index (κ2) is 11.5. The second-order valence-corrected chi connectivity index (χ2v) is 11.1. The lowest BCUT2D eigenvalue weighted by Crippen LogP contribution is -2.27. The van der Waals surface area contributed by atoms with Crippen LogP contribution in [0.3, 0.4) is 0 Å². The van der Waals surface area contributed by atoms with Crippen molar-refractivity contribution in [1.29, 1.82) is 0 Å². The summed E-state index contributed by atoms with van der Waals surface area (Å²) in [6.07, 6.45) is 4.78. The van der Waals surface area contributed by atoms with Gasteiger partial charge in [-0.25, -0.2) is 9.97 Å². The number of hydrogen-bond donors (Lipinski definition) is 3. The summed E-state index contributed by atoms with van der Waals surface area (Å²) < 4.78 is 39.6. The molecule has 2 aliphatic carbocycles. The predicted octanol–water partition coefficient (Wildman–Crippen LogP) is 7.13. The molecule has 1 atom stereocenters. The fraction of sp³-hybridized carbons (Fsp3) is 0.273. The number of amides is 1. The van der Waals surface area contributed by atoms with Crippen molar-refractivity contribution in [3.05, 3.63) is 101 Å². The van der Waals surface area contributed by atoms with Crippen LogP contribution in [0.25, 0.3) is 22.0 Å². The molecule has 4 N–H and O–H groups in total. The number of allylic oxidation sites excluding steroid dienone is 1. The van der Waals surface area contributed by atoms with Crippen molar-refractivity contribution in [2.45, 2.75) is 56.8 Å². The average Bonchev–Trinajstić information content (AvgIpc) is 3.93. The van der Waals surface area contributed by atoms with Crippen LogP contribution in [0.5, 0.6) is 0 Å². The molecule has 220 valence electrons. The Bertz CT molecular complexity index is 1740. The van der Waals surface area contributed by atoms with E-state index in [1.807, 2.05) is 30.3 Å². The van der Waals surface area contributed by atoms with E-state index in [1.54, 1.807) is 31.5 Å². The molecule has 0 saturated heterocycles. The minimum atomic E-state index is -4.45. The van der Waals surface area contributed by atoms with Crippen molar-refractivity contribution >= 4 is 29.0 Å². The Labute approximate surface area is 247 Å². The van der Waals surface area contributed by atoms with E-state index in [0.717, 1.165) is 65.4 Å². The van der Waals surface area contributed by atoms with Crippen LogP contribution >= 0.6 is 0 Å². The number of aliphatic imine (C=N–C) groups is 1. The molecule has 4 aromatic rings. The molecule has 3 aromatic carbocycles. The van der Waals surface area contributed by atoms with Gasteiger partial charge in [0.05, 0.1) is 28.9 Å². The number of nitrogens with zero attached hydrogens (tertiary/aromatic N) is 3. The second-order valence-electron chi connectivity index (χ2n) is 11.1. The number of fused-ring (bicyclic) bond motifs is 1. The lowest BCUT2D eigenvalue weighted by molar-refractivity contribution is -0.137. The molecule has 1 amide bonds. The normalized spacial score (nSPS) is 16.4. The van der Waals surface area contributed by atoms with Gasteiger partial charge in [0.1, 0.15) is 0 Å². The molecular formula is C33H31F3N6O. The van der Waals surface area contributed by atoms with Crippen LogP contribution in [0.1, 0.15) is 71.6 Å². The van der Waals surface area contributed by atoms with Crippen LogP contribution < -0.4 is 16.4 Å². The van der Waals surface area contributed by atoms with Crippen LogP contribution in [-0.4, -0.2) is 28.1 Å². The first kappa shape index (κ1) is 28.4. The van der Waals surface area contributed by atoms with E-state index in [-0.39, 0.29) is 5.91 Å². The van der Waals surface area contributed by atoms with Gasteiger partial charge >= 0.3 is 6.18 Å². The zero-order valence-corrected chi connectivity index (χ0v) is 23.5. The van der Waals surface area contributed by atoms with Crippen molar-refractivity contribution in [3.63, 3.8) is 0 Å². The molecule has 0 aliphatic heterocycles. The summed E-state index contributed by atoms with van der Waals surface area (Å²) in [6.45, 7) is 1.67. The van der Waals surface area contributed by atoms with E-state index in [0.29, 0.717) is 34.7 Å². The predicted molar refractivity (Wildman–Crippen MR) is 162 cm³/mol. The highest BCUT2D eigenvalue weighted by Crippen LogP contribution is 2.45. The van der Waals surface area contributed by atoms with Crippen LogP contribution in [0.4, 0.5) is 19.1 Å². The summed E-state index contributed by atoms with van der Waals surface area (Å²) in [5.74, 6) is 0.474. The molecule has 0 bridgehead atoms. The third kappa shape index (κ3) is 6.69. The zero-order chi connectivity index (χ0) is 30.1. The number of halogens is 3. The summed E-state index contributed by atoms with van der Waals surface area (Å²) in [7, 11) is 0. The molecule has 6 rings (SSSR count). The van der Waals surface area contributed by atoms with Crippen LogP contribution in [0, 0.1) is 0 Å². The standard InChI is InChI=1S/C33H31F3N6O/c1-19(21-3-2-4-25(14-21)33(34,35)36)40-31(43)23-7-11-28(20-5-6-20)29(15-23)22-8-12-30-24(13-22)17-39-32(42-30)41-27(16-37)18-38-26-9-10-26/h2-4,7-8,11-20,26H,5-6,9-10,37H2,1H3,(H,40,43)(H,39,41,42). The van der Waals surface area contributed by atoms with E-state index in [2.05, 4.69) is 25.6 Å². The SMILES string of the molecule is CC(NC(=O)c1ccc(C2CC2)c(-c2ccc3nc(NC(C=NC4CC4)=CN)ncc3c2)c1)c1cccc(C(F)(F)F)c1. The fourth-order valence-corrected chi connectivity index (χ4v) is 4.96. The summed E-state index contributed by atoms with van der Waals surface area (Å²) >= 11 is 0. The Morgan fingerprint density at radius 1 is 1.07 bits per heavy atom. The molecule has 0 radical (unpaired) electrons. The minimum Gasteiger partial charge on any atom is -0.403 e. The van der Waals surface area contributed by atoms with Gasteiger partial charge in [0.15, 0.2) is 0 Å². The third-order valence-electron chi connectivity index (χ3n) is 7.69. The average molecular weight is 585 g/mol. The number of hydrogen-bond acceptors (Lipinski definition) is 6.